The molecule has 1 saturated heterocycles. The first-order chi connectivity index (χ1) is 7.69. The van der Waals surface area contributed by atoms with Gasteiger partial charge in [-0.3, -0.25) is 0 Å². The maximum absolute atomic E-state index is 13.0. The molecule has 0 aromatic rings. The van der Waals surface area contributed by atoms with Gasteiger partial charge in [0.2, 0.25) is 0 Å². The minimum atomic E-state index is 0.120. The Morgan fingerprint density at radius 1 is 0.812 bits per heavy atom. The number of hydrogen-bond donors (Lipinski definition) is 0. The molecule has 0 bridgehead atoms. The molecule has 5 atom stereocenters. The quantitative estimate of drug-likeness (QED) is 0.455. The van der Waals surface area contributed by atoms with Gasteiger partial charge in [0.05, 0.1) is 19.1 Å². The largest absolute Gasteiger partial charge is 0.633 e. The molecular formula is C14H25NO. The number of fused-ring (bicyclic) bond motifs is 2. The second-order valence-corrected chi connectivity index (χ2v) is 6.52. The average molecular weight is 223 g/mol. The van der Waals surface area contributed by atoms with E-state index in [2.05, 4.69) is 0 Å². The average Bonchev–Trinajstić information content (AvgIpc) is 2.29. The molecule has 0 amide bonds. The summed E-state index contributed by atoms with van der Waals surface area (Å²) in [6, 6.07) is 0.904. The van der Waals surface area contributed by atoms with Crippen molar-refractivity contribution < 1.29 is 4.65 Å². The van der Waals surface area contributed by atoms with Crippen LogP contribution in [0.25, 0.3) is 0 Å². The molecule has 1 heterocycles. The van der Waals surface area contributed by atoms with E-state index in [0.717, 1.165) is 11.8 Å². The monoisotopic (exact) mass is 223 g/mol. The standard InChI is InChI=1S/C14H25NO/c1-15(16)13-8-4-2-6-11(13)10-12-7-3-5-9-14(12)15/h11-14H,2-10H2,1H3/t11-,12+,13+,14-,15?. The minimum absolute atomic E-state index is 0.120. The smallest absolute Gasteiger partial charge is 0.0916 e. The molecule has 2 aliphatic carbocycles. The van der Waals surface area contributed by atoms with Crippen LogP contribution < -0.4 is 0 Å². The fourth-order valence-electron chi connectivity index (χ4n) is 4.91. The van der Waals surface area contributed by atoms with Crippen LogP contribution in [0.15, 0.2) is 0 Å². The van der Waals surface area contributed by atoms with Crippen LogP contribution in [-0.2, 0) is 0 Å². The van der Waals surface area contributed by atoms with E-state index >= 15 is 0 Å². The predicted molar refractivity (Wildman–Crippen MR) is 65.7 cm³/mol. The molecular weight excluding hydrogens is 198 g/mol. The topological polar surface area (TPSA) is 23.1 Å². The minimum Gasteiger partial charge on any atom is -0.633 e. The summed E-state index contributed by atoms with van der Waals surface area (Å²) in [4.78, 5) is 0. The molecule has 3 aliphatic rings. The van der Waals surface area contributed by atoms with Gasteiger partial charge >= 0.3 is 0 Å². The van der Waals surface area contributed by atoms with Gasteiger partial charge in [-0.2, -0.15) is 0 Å². The zero-order chi connectivity index (χ0) is 11.2. The van der Waals surface area contributed by atoms with Gasteiger partial charge in [0.25, 0.3) is 0 Å². The van der Waals surface area contributed by atoms with Gasteiger partial charge in [0.1, 0.15) is 0 Å². The van der Waals surface area contributed by atoms with E-state index in [1.54, 1.807) is 0 Å². The molecule has 16 heavy (non-hydrogen) atoms. The van der Waals surface area contributed by atoms with E-state index in [4.69, 9.17) is 0 Å². The fraction of sp³-hybridized carbons (Fsp3) is 1.00. The van der Waals surface area contributed by atoms with Crippen LogP contribution in [0.5, 0.6) is 0 Å². The summed E-state index contributed by atoms with van der Waals surface area (Å²) >= 11 is 0. The first-order valence-corrected chi connectivity index (χ1v) is 7.26. The van der Waals surface area contributed by atoms with E-state index in [0.29, 0.717) is 12.1 Å². The Kier molecular flexibility index (Phi) is 2.75. The van der Waals surface area contributed by atoms with Crippen LogP contribution >= 0.6 is 0 Å². The summed E-state index contributed by atoms with van der Waals surface area (Å²) in [5, 5.41) is 13.0. The third-order valence-electron chi connectivity index (χ3n) is 5.66. The van der Waals surface area contributed by atoms with Crippen LogP contribution in [0.1, 0.15) is 57.8 Å². The first-order valence-electron chi connectivity index (χ1n) is 7.26. The first kappa shape index (κ1) is 11.0. The number of hydroxylamine groups is 3. The molecule has 2 nitrogen and oxygen atoms in total. The summed E-state index contributed by atoms with van der Waals surface area (Å²) in [5.74, 6) is 1.52. The molecule has 2 heteroatoms. The Hall–Kier alpha value is -0.0800. The van der Waals surface area contributed by atoms with Gasteiger partial charge in [-0.05, 0) is 44.9 Å². The van der Waals surface area contributed by atoms with Crippen molar-refractivity contribution in [3.63, 3.8) is 0 Å². The van der Waals surface area contributed by atoms with Crippen LogP contribution in [-0.4, -0.2) is 23.8 Å². The van der Waals surface area contributed by atoms with Crippen LogP contribution in [0.2, 0.25) is 0 Å². The van der Waals surface area contributed by atoms with E-state index in [1.165, 1.54) is 57.8 Å². The summed E-state index contributed by atoms with van der Waals surface area (Å²) in [5.41, 5.74) is 0. The van der Waals surface area contributed by atoms with Gasteiger partial charge in [0, 0.05) is 11.8 Å². The summed E-state index contributed by atoms with van der Waals surface area (Å²) < 4.78 is 0.120. The maximum atomic E-state index is 13.0. The number of piperidine rings is 1. The van der Waals surface area contributed by atoms with Crippen molar-refractivity contribution >= 4 is 0 Å². The number of nitrogens with zero attached hydrogens (tertiary/aromatic N) is 1. The van der Waals surface area contributed by atoms with Crippen molar-refractivity contribution in [2.24, 2.45) is 11.8 Å². The van der Waals surface area contributed by atoms with Gasteiger partial charge in [-0.25, -0.2) is 0 Å². The highest BCUT2D eigenvalue weighted by atomic mass is 16.5. The molecule has 1 aliphatic heterocycles. The van der Waals surface area contributed by atoms with Gasteiger partial charge < -0.3 is 9.85 Å². The highest BCUT2D eigenvalue weighted by Crippen LogP contribution is 2.48. The Morgan fingerprint density at radius 2 is 1.25 bits per heavy atom. The molecule has 0 aromatic carbocycles. The van der Waals surface area contributed by atoms with Crippen LogP contribution in [0.4, 0.5) is 0 Å². The lowest BCUT2D eigenvalue weighted by atomic mass is 9.68. The molecule has 0 spiro atoms. The predicted octanol–water partition coefficient (Wildman–Crippen LogP) is 3.45. The van der Waals surface area contributed by atoms with E-state index in [-0.39, 0.29) is 4.65 Å². The normalized spacial score (nSPS) is 52.9. The SMILES string of the molecule is C[N+]1([O-])[C@@H]2CCCC[C@H]2C[C@H]2CCCC[C@@H]21. The number of likely N-dealkylation sites (tertiary alicyclic amines) is 1. The number of hydrogen-bond acceptors (Lipinski definition) is 1. The zero-order valence-corrected chi connectivity index (χ0v) is 10.5. The molecule has 3 rings (SSSR count). The molecule has 1 unspecified atom stereocenters. The third-order valence-corrected chi connectivity index (χ3v) is 5.66. The van der Waals surface area contributed by atoms with Crippen molar-refractivity contribution in [2.75, 3.05) is 7.05 Å². The van der Waals surface area contributed by atoms with Crippen LogP contribution in [0.3, 0.4) is 0 Å². The summed E-state index contributed by atoms with van der Waals surface area (Å²) in [6.07, 6.45) is 11.8. The Balaban J connectivity index is 1.85. The highest BCUT2D eigenvalue weighted by molar-refractivity contribution is 4.90. The molecule has 0 radical (unpaired) electrons. The number of rotatable bonds is 0. The highest BCUT2D eigenvalue weighted by Gasteiger charge is 2.49. The number of quaternary nitrogens is 1. The lowest BCUT2D eigenvalue weighted by Crippen LogP contribution is -2.64. The lowest BCUT2D eigenvalue weighted by Gasteiger charge is -2.61. The van der Waals surface area contributed by atoms with Crippen LogP contribution in [0, 0.1) is 17.0 Å². The molecule has 2 saturated carbocycles. The lowest BCUT2D eigenvalue weighted by molar-refractivity contribution is -0.927. The molecule has 0 aromatic heterocycles. The summed E-state index contributed by atoms with van der Waals surface area (Å²) in [7, 11) is 1.99. The van der Waals surface area contributed by atoms with Crippen molar-refractivity contribution in [1.82, 2.24) is 0 Å². The van der Waals surface area contributed by atoms with E-state index in [1.807, 2.05) is 7.05 Å². The van der Waals surface area contributed by atoms with Gasteiger partial charge in [0.15, 0.2) is 0 Å². The molecule has 0 N–H and O–H groups in total. The Bertz CT molecular complexity index is 239. The van der Waals surface area contributed by atoms with Gasteiger partial charge in [-0.15, -0.1) is 0 Å². The fourth-order valence-corrected chi connectivity index (χ4v) is 4.91. The van der Waals surface area contributed by atoms with E-state index < -0.39 is 0 Å². The molecule has 3 fully saturated rings. The van der Waals surface area contributed by atoms with E-state index in [9.17, 15) is 5.21 Å². The van der Waals surface area contributed by atoms with Crippen molar-refractivity contribution in [1.29, 1.82) is 0 Å². The van der Waals surface area contributed by atoms with Crippen molar-refractivity contribution in [2.45, 2.75) is 69.9 Å². The maximum Gasteiger partial charge on any atom is 0.0916 e. The second kappa shape index (κ2) is 3.99. The van der Waals surface area contributed by atoms with Crippen molar-refractivity contribution in [3.8, 4) is 0 Å². The van der Waals surface area contributed by atoms with Crippen molar-refractivity contribution in [3.05, 3.63) is 5.21 Å². The molecule has 92 valence electrons. The Labute approximate surface area is 99.2 Å². The Morgan fingerprint density at radius 3 is 1.75 bits per heavy atom. The van der Waals surface area contributed by atoms with Gasteiger partial charge in [-0.1, -0.05) is 12.8 Å². The third kappa shape index (κ3) is 1.62. The summed E-state index contributed by atoms with van der Waals surface area (Å²) in [6.45, 7) is 0. The zero-order valence-electron chi connectivity index (χ0n) is 10.5. The second-order valence-electron chi connectivity index (χ2n) is 6.52.